The van der Waals surface area contributed by atoms with Crippen LogP contribution in [-0.4, -0.2) is 18.5 Å². The molecule has 8 heteroatoms. The predicted molar refractivity (Wildman–Crippen MR) is 83.3 cm³/mol. The highest BCUT2D eigenvalue weighted by Gasteiger charge is 2.08. The van der Waals surface area contributed by atoms with Crippen molar-refractivity contribution < 1.29 is 23.1 Å². The SMILES string of the molecule is NC(=O)Nc1ccc(CNC(=O)COc2ccc(F)cc2F)cc1. The number of rotatable bonds is 6. The van der Waals surface area contributed by atoms with E-state index in [-0.39, 0.29) is 12.3 Å². The molecule has 0 heterocycles. The Morgan fingerprint density at radius 1 is 1.08 bits per heavy atom. The van der Waals surface area contributed by atoms with Gasteiger partial charge in [-0.2, -0.15) is 0 Å². The highest BCUT2D eigenvalue weighted by Crippen LogP contribution is 2.17. The Morgan fingerprint density at radius 3 is 2.42 bits per heavy atom. The van der Waals surface area contributed by atoms with Gasteiger partial charge in [0.15, 0.2) is 18.2 Å². The van der Waals surface area contributed by atoms with Crippen LogP contribution in [0.1, 0.15) is 5.56 Å². The normalized spacial score (nSPS) is 10.1. The van der Waals surface area contributed by atoms with Crippen LogP contribution < -0.4 is 21.1 Å². The van der Waals surface area contributed by atoms with Crippen molar-refractivity contribution in [2.75, 3.05) is 11.9 Å². The second-order valence-corrected chi connectivity index (χ2v) is 4.83. The molecule has 126 valence electrons. The summed E-state index contributed by atoms with van der Waals surface area (Å²) < 4.78 is 31.1. The average molecular weight is 335 g/mol. The third kappa shape index (κ3) is 5.24. The molecule has 6 nitrogen and oxygen atoms in total. The molecular formula is C16H15F2N3O3. The van der Waals surface area contributed by atoms with Crippen LogP contribution in [0, 0.1) is 11.6 Å². The number of nitrogens with two attached hydrogens (primary N) is 1. The van der Waals surface area contributed by atoms with Crippen LogP contribution in [0.5, 0.6) is 5.75 Å². The molecule has 0 fully saturated rings. The van der Waals surface area contributed by atoms with Crippen LogP contribution in [0.2, 0.25) is 0 Å². The molecule has 24 heavy (non-hydrogen) atoms. The predicted octanol–water partition coefficient (Wildman–Crippen LogP) is 2.15. The van der Waals surface area contributed by atoms with E-state index in [1.54, 1.807) is 24.3 Å². The lowest BCUT2D eigenvalue weighted by Crippen LogP contribution is -2.28. The molecule has 2 aromatic carbocycles. The van der Waals surface area contributed by atoms with E-state index in [1.807, 2.05) is 0 Å². The highest BCUT2D eigenvalue weighted by atomic mass is 19.1. The summed E-state index contributed by atoms with van der Waals surface area (Å²) in [5, 5.41) is 5.00. The summed E-state index contributed by atoms with van der Waals surface area (Å²) in [5.74, 6) is -2.26. The molecule has 0 aliphatic carbocycles. The van der Waals surface area contributed by atoms with Gasteiger partial charge < -0.3 is 21.1 Å². The molecule has 0 aliphatic rings. The third-order valence-corrected chi connectivity index (χ3v) is 2.96. The first kappa shape index (κ1) is 17.2. The molecule has 0 saturated heterocycles. The van der Waals surface area contributed by atoms with Gasteiger partial charge in [0.25, 0.3) is 5.91 Å². The summed E-state index contributed by atoms with van der Waals surface area (Å²) >= 11 is 0. The number of halogens is 2. The second-order valence-electron chi connectivity index (χ2n) is 4.83. The summed E-state index contributed by atoms with van der Waals surface area (Å²) in [7, 11) is 0. The van der Waals surface area contributed by atoms with Crippen LogP contribution in [-0.2, 0) is 11.3 Å². The lowest BCUT2D eigenvalue weighted by Gasteiger charge is -2.09. The molecule has 0 radical (unpaired) electrons. The lowest BCUT2D eigenvalue weighted by molar-refractivity contribution is -0.123. The van der Waals surface area contributed by atoms with Crippen molar-refractivity contribution in [2.24, 2.45) is 5.73 Å². The molecule has 2 aromatic rings. The van der Waals surface area contributed by atoms with E-state index < -0.39 is 30.2 Å². The van der Waals surface area contributed by atoms with E-state index in [2.05, 4.69) is 10.6 Å². The number of hydrogen-bond acceptors (Lipinski definition) is 3. The second kappa shape index (κ2) is 7.91. The number of amides is 3. The van der Waals surface area contributed by atoms with Gasteiger partial charge in [-0.05, 0) is 29.8 Å². The van der Waals surface area contributed by atoms with Gasteiger partial charge in [-0.3, -0.25) is 4.79 Å². The number of nitrogens with one attached hydrogen (secondary N) is 2. The standard InChI is InChI=1S/C16H15F2N3O3/c17-11-3-6-14(13(18)7-11)24-9-15(22)20-8-10-1-4-12(5-2-10)21-16(19)23/h1-7H,8-9H2,(H,20,22)(H3,19,21,23). The molecule has 0 aromatic heterocycles. The molecule has 0 atom stereocenters. The van der Waals surface area contributed by atoms with Crippen molar-refractivity contribution in [1.29, 1.82) is 0 Å². The molecule has 0 saturated carbocycles. The molecule has 0 aliphatic heterocycles. The monoisotopic (exact) mass is 335 g/mol. The maximum absolute atomic E-state index is 13.3. The fourth-order valence-corrected chi connectivity index (χ4v) is 1.84. The zero-order valence-electron chi connectivity index (χ0n) is 12.5. The minimum absolute atomic E-state index is 0.201. The van der Waals surface area contributed by atoms with Gasteiger partial charge in [-0.25, -0.2) is 13.6 Å². The van der Waals surface area contributed by atoms with Gasteiger partial charge in [0.1, 0.15) is 5.82 Å². The number of carbonyl (C=O) groups excluding carboxylic acids is 2. The van der Waals surface area contributed by atoms with Crippen molar-refractivity contribution in [1.82, 2.24) is 5.32 Å². The van der Waals surface area contributed by atoms with Crippen LogP contribution in [0.3, 0.4) is 0 Å². The fourth-order valence-electron chi connectivity index (χ4n) is 1.84. The maximum Gasteiger partial charge on any atom is 0.316 e. The zero-order valence-corrected chi connectivity index (χ0v) is 12.5. The Hall–Kier alpha value is -3.16. The maximum atomic E-state index is 13.3. The quantitative estimate of drug-likeness (QED) is 0.755. The minimum atomic E-state index is -0.875. The number of anilines is 1. The van der Waals surface area contributed by atoms with E-state index in [0.717, 1.165) is 17.7 Å². The smallest absolute Gasteiger partial charge is 0.316 e. The molecule has 3 amide bonds. The summed E-state index contributed by atoms with van der Waals surface area (Å²) in [6.07, 6.45) is 0. The number of primary amides is 1. The van der Waals surface area contributed by atoms with Gasteiger partial charge in [-0.1, -0.05) is 12.1 Å². The van der Waals surface area contributed by atoms with Crippen LogP contribution in [0.15, 0.2) is 42.5 Å². The summed E-state index contributed by atoms with van der Waals surface area (Å²) in [4.78, 5) is 22.4. The Labute approximate surface area is 136 Å². The average Bonchev–Trinajstić information content (AvgIpc) is 2.53. The minimum Gasteiger partial charge on any atom is -0.481 e. The van der Waals surface area contributed by atoms with E-state index in [0.29, 0.717) is 11.8 Å². The van der Waals surface area contributed by atoms with Gasteiger partial charge in [-0.15, -0.1) is 0 Å². The van der Waals surface area contributed by atoms with Crippen molar-refractivity contribution in [3.8, 4) is 5.75 Å². The van der Waals surface area contributed by atoms with Gasteiger partial charge in [0.05, 0.1) is 0 Å². The van der Waals surface area contributed by atoms with E-state index in [1.165, 1.54) is 0 Å². The Kier molecular flexibility index (Phi) is 5.67. The van der Waals surface area contributed by atoms with E-state index in [4.69, 9.17) is 10.5 Å². The first-order valence-electron chi connectivity index (χ1n) is 6.94. The topological polar surface area (TPSA) is 93.5 Å². The molecule has 4 N–H and O–H groups in total. The van der Waals surface area contributed by atoms with E-state index >= 15 is 0 Å². The largest absolute Gasteiger partial charge is 0.481 e. The zero-order chi connectivity index (χ0) is 17.5. The number of urea groups is 1. The molecule has 0 unspecified atom stereocenters. The van der Waals surface area contributed by atoms with Crippen molar-refractivity contribution in [3.63, 3.8) is 0 Å². The lowest BCUT2D eigenvalue weighted by atomic mass is 10.2. The number of benzene rings is 2. The summed E-state index contributed by atoms with van der Waals surface area (Å²) in [6, 6.07) is 8.84. The van der Waals surface area contributed by atoms with Gasteiger partial charge in [0.2, 0.25) is 0 Å². The van der Waals surface area contributed by atoms with Gasteiger partial charge >= 0.3 is 6.03 Å². The third-order valence-electron chi connectivity index (χ3n) is 2.96. The summed E-state index contributed by atoms with van der Waals surface area (Å²) in [5.41, 5.74) is 6.31. The van der Waals surface area contributed by atoms with Gasteiger partial charge in [0, 0.05) is 18.3 Å². The fraction of sp³-hybridized carbons (Fsp3) is 0.125. The van der Waals surface area contributed by atoms with Crippen LogP contribution in [0.4, 0.5) is 19.3 Å². The van der Waals surface area contributed by atoms with E-state index in [9.17, 15) is 18.4 Å². The van der Waals surface area contributed by atoms with Crippen molar-refractivity contribution in [2.45, 2.75) is 6.54 Å². The Morgan fingerprint density at radius 2 is 1.79 bits per heavy atom. The van der Waals surface area contributed by atoms with Crippen molar-refractivity contribution >= 4 is 17.6 Å². The molecule has 0 bridgehead atoms. The Balaban J connectivity index is 1.79. The van der Waals surface area contributed by atoms with Crippen molar-refractivity contribution in [3.05, 3.63) is 59.7 Å². The first-order valence-corrected chi connectivity index (χ1v) is 6.94. The Bertz CT molecular complexity index is 736. The molecular weight excluding hydrogens is 320 g/mol. The van der Waals surface area contributed by atoms with Crippen LogP contribution >= 0.6 is 0 Å². The molecule has 2 rings (SSSR count). The number of carbonyl (C=O) groups is 2. The summed E-state index contributed by atoms with van der Waals surface area (Å²) in [6.45, 7) is -0.172. The van der Waals surface area contributed by atoms with Crippen LogP contribution in [0.25, 0.3) is 0 Å². The molecule has 0 spiro atoms. The first-order chi connectivity index (χ1) is 11.4. The number of ether oxygens (including phenoxy) is 1. The number of hydrogen-bond donors (Lipinski definition) is 3. The highest BCUT2D eigenvalue weighted by molar-refractivity contribution is 5.87.